The molecular weight excluding hydrogens is 184 g/mol. The number of nitrogens with two attached hydrogens (primary N) is 1. The van der Waals surface area contributed by atoms with E-state index in [1.807, 2.05) is 0 Å². The fourth-order valence-corrected chi connectivity index (χ4v) is 0.933. The van der Waals surface area contributed by atoms with E-state index >= 15 is 0 Å². The van der Waals surface area contributed by atoms with Crippen LogP contribution in [-0.2, 0) is 0 Å². The zero-order valence-corrected chi connectivity index (χ0v) is 7.43. The van der Waals surface area contributed by atoms with Crippen LogP contribution in [0.1, 0.15) is 0 Å². The third kappa shape index (κ3) is 1.47. The molecule has 0 atom stereocenters. The Bertz CT molecular complexity index is 422. The lowest BCUT2D eigenvalue weighted by Crippen LogP contribution is -1.92. The van der Waals surface area contributed by atoms with E-state index in [0.29, 0.717) is 17.4 Å². The molecule has 0 fully saturated rings. The minimum absolute atomic E-state index is 0.178. The smallest absolute Gasteiger partial charge is 0.239 e. The molecule has 0 spiro atoms. The van der Waals surface area contributed by atoms with Crippen molar-refractivity contribution in [1.29, 1.82) is 0 Å². The van der Waals surface area contributed by atoms with Crippen molar-refractivity contribution in [2.24, 2.45) is 0 Å². The van der Waals surface area contributed by atoms with Gasteiger partial charge in [0.15, 0.2) is 5.82 Å². The molecular formula is C7H8N6O. The number of ether oxygens (including phenoxy) is 1. The molecule has 0 aliphatic heterocycles. The Morgan fingerprint density at radius 2 is 2.21 bits per heavy atom. The van der Waals surface area contributed by atoms with Gasteiger partial charge >= 0.3 is 0 Å². The van der Waals surface area contributed by atoms with E-state index in [4.69, 9.17) is 10.5 Å². The largest absolute Gasteiger partial charge is 0.480 e. The van der Waals surface area contributed by atoms with E-state index in [0.717, 1.165) is 0 Å². The Labute approximate surface area is 79.4 Å². The fourth-order valence-electron chi connectivity index (χ4n) is 0.933. The van der Waals surface area contributed by atoms with Crippen LogP contribution in [0.3, 0.4) is 0 Å². The maximum absolute atomic E-state index is 5.35. The minimum atomic E-state index is 0.178. The van der Waals surface area contributed by atoms with Crippen LogP contribution >= 0.6 is 0 Å². The van der Waals surface area contributed by atoms with E-state index in [1.165, 1.54) is 19.5 Å². The summed E-state index contributed by atoms with van der Waals surface area (Å²) in [6.07, 6.45) is 3.02. The van der Waals surface area contributed by atoms with Crippen LogP contribution in [0.15, 0.2) is 12.4 Å². The molecule has 2 rings (SSSR count). The van der Waals surface area contributed by atoms with Crippen molar-refractivity contribution in [3.05, 3.63) is 12.4 Å². The lowest BCUT2D eigenvalue weighted by Gasteiger charge is -1.97. The van der Waals surface area contributed by atoms with Crippen LogP contribution in [-0.4, -0.2) is 32.3 Å². The van der Waals surface area contributed by atoms with Gasteiger partial charge in [-0.2, -0.15) is 4.98 Å². The zero-order valence-electron chi connectivity index (χ0n) is 7.43. The molecule has 72 valence electrons. The van der Waals surface area contributed by atoms with Crippen molar-refractivity contribution >= 4 is 5.95 Å². The predicted molar refractivity (Wildman–Crippen MR) is 48.4 cm³/mol. The second-order valence-corrected chi connectivity index (χ2v) is 2.49. The van der Waals surface area contributed by atoms with Crippen LogP contribution in [0.2, 0.25) is 0 Å². The Balaban J connectivity index is 2.33. The van der Waals surface area contributed by atoms with E-state index in [1.54, 1.807) is 0 Å². The van der Waals surface area contributed by atoms with Gasteiger partial charge in [0.2, 0.25) is 11.8 Å². The Kier molecular flexibility index (Phi) is 1.98. The molecule has 2 heterocycles. The molecule has 0 saturated carbocycles. The van der Waals surface area contributed by atoms with Crippen molar-refractivity contribution in [2.45, 2.75) is 0 Å². The lowest BCUT2D eigenvalue weighted by molar-refractivity contribution is 0.396. The molecule has 2 aromatic rings. The van der Waals surface area contributed by atoms with Gasteiger partial charge in [-0.1, -0.05) is 0 Å². The standard InChI is InChI=1S/C7H8N6O/c1-14-5-3-9-4(2-10-5)6-11-7(8)13-12-6/h2-3H,1H3,(H3,8,11,12,13). The highest BCUT2D eigenvalue weighted by molar-refractivity contribution is 5.48. The number of methoxy groups -OCH3 is 1. The van der Waals surface area contributed by atoms with Gasteiger partial charge in [-0.15, -0.1) is 5.10 Å². The van der Waals surface area contributed by atoms with Gasteiger partial charge < -0.3 is 10.5 Å². The van der Waals surface area contributed by atoms with Crippen molar-refractivity contribution < 1.29 is 4.74 Å². The fraction of sp³-hybridized carbons (Fsp3) is 0.143. The summed E-state index contributed by atoms with van der Waals surface area (Å²) < 4.78 is 4.87. The highest BCUT2D eigenvalue weighted by Gasteiger charge is 2.05. The van der Waals surface area contributed by atoms with Crippen molar-refractivity contribution in [2.75, 3.05) is 12.8 Å². The molecule has 0 aliphatic rings. The molecule has 0 aliphatic carbocycles. The van der Waals surface area contributed by atoms with Crippen molar-refractivity contribution in [3.63, 3.8) is 0 Å². The number of anilines is 1. The van der Waals surface area contributed by atoms with E-state index < -0.39 is 0 Å². The highest BCUT2D eigenvalue weighted by Crippen LogP contribution is 2.12. The molecule has 0 unspecified atom stereocenters. The Hall–Kier alpha value is -2.18. The summed E-state index contributed by atoms with van der Waals surface area (Å²) >= 11 is 0. The van der Waals surface area contributed by atoms with Crippen LogP contribution in [0, 0.1) is 0 Å². The number of H-pyrrole nitrogens is 1. The number of nitrogen functional groups attached to an aromatic ring is 1. The van der Waals surface area contributed by atoms with Gasteiger partial charge in [0.1, 0.15) is 5.69 Å². The number of hydrogen-bond acceptors (Lipinski definition) is 6. The first-order valence-electron chi connectivity index (χ1n) is 3.84. The normalized spacial score (nSPS) is 10.1. The van der Waals surface area contributed by atoms with Crippen LogP contribution in [0.4, 0.5) is 5.95 Å². The number of aromatic nitrogens is 5. The summed E-state index contributed by atoms with van der Waals surface area (Å²) in [5.74, 6) is 1.11. The third-order valence-corrected chi connectivity index (χ3v) is 1.58. The van der Waals surface area contributed by atoms with Crippen LogP contribution in [0.25, 0.3) is 11.5 Å². The van der Waals surface area contributed by atoms with Gasteiger partial charge in [-0.25, -0.2) is 9.97 Å². The molecule has 0 amide bonds. The summed E-state index contributed by atoms with van der Waals surface area (Å²) in [5, 5.41) is 6.31. The number of hydrogen-bond donors (Lipinski definition) is 2. The van der Waals surface area contributed by atoms with Gasteiger partial charge in [-0.05, 0) is 0 Å². The maximum atomic E-state index is 5.35. The van der Waals surface area contributed by atoms with Crippen LogP contribution < -0.4 is 10.5 Å². The summed E-state index contributed by atoms with van der Waals surface area (Å²) in [6, 6.07) is 0. The zero-order chi connectivity index (χ0) is 9.97. The molecule has 0 aromatic carbocycles. The first kappa shape index (κ1) is 8.42. The number of nitrogens with zero attached hydrogens (tertiary/aromatic N) is 4. The molecule has 7 heteroatoms. The SMILES string of the molecule is COc1cnc(-c2nc(N)n[nH]2)cn1. The van der Waals surface area contributed by atoms with Gasteiger partial charge in [0.05, 0.1) is 19.5 Å². The highest BCUT2D eigenvalue weighted by atomic mass is 16.5. The summed E-state index contributed by atoms with van der Waals surface area (Å²) in [5.41, 5.74) is 5.91. The van der Waals surface area contributed by atoms with Gasteiger partial charge in [0, 0.05) is 0 Å². The Morgan fingerprint density at radius 3 is 2.71 bits per heavy atom. The average Bonchev–Trinajstić information content (AvgIpc) is 2.65. The molecule has 0 radical (unpaired) electrons. The molecule has 0 saturated heterocycles. The molecule has 2 aromatic heterocycles. The van der Waals surface area contributed by atoms with Crippen molar-refractivity contribution in [1.82, 2.24) is 25.1 Å². The second kappa shape index (κ2) is 3.29. The maximum Gasteiger partial charge on any atom is 0.239 e. The second-order valence-electron chi connectivity index (χ2n) is 2.49. The topological polar surface area (TPSA) is 103 Å². The van der Waals surface area contributed by atoms with E-state index in [-0.39, 0.29) is 5.95 Å². The molecule has 14 heavy (non-hydrogen) atoms. The molecule has 0 bridgehead atoms. The van der Waals surface area contributed by atoms with Gasteiger partial charge in [-0.3, -0.25) is 5.10 Å². The monoisotopic (exact) mass is 192 g/mol. The summed E-state index contributed by atoms with van der Waals surface area (Å²) in [6.45, 7) is 0. The van der Waals surface area contributed by atoms with Crippen LogP contribution in [0.5, 0.6) is 5.88 Å². The first-order chi connectivity index (χ1) is 6.79. The Morgan fingerprint density at radius 1 is 1.36 bits per heavy atom. The third-order valence-electron chi connectivity index (χ3n) is 1.58. The van der Waals surface area contributed by atoms with E-state index in [9.17, 15) is 0 Å². The first-order valence-corrected chi connectivity index (χ1v) is 3.84. The minimum Gasteiger partial charge on any atom is -0.480 e. The lowest BCUT2D eigenvalue weighted by atomic mass is 10.4. The predicted octanol–water partition coefficient (Wildman–Crippen LogP) is -0.148. The van der Waals surface area contributed by atoms with E-state index in [2.05, 4.69) is 25.1 Å². The summed E-state index contributed by atoms with van der Waals surface area (Å²) in [7, 11) is 1.52. The quantitative estimate of drug-likeness (QED) is 0.686. The number of rotatable bonds is 2. The number of aromatic amines is 1. The molecule has 7 nitrogen and oxygen atoms in total. The number of nitrogens with one attached hydrogen (secondary N) is 1. The average molecular weight is 192 g/mol. The molecule has 3 N–H and O–H groups in total. The summed E-state index contributed by atoms with van der Waals surface area (Å²) in [4.78, 5) is 11.9. The van der Waals surface area contributed by atoms with Crippen molar-refractivity contribution in [3.8, 4) is 17.4 Å². The van der Waals surface area contributed by atoms with Gasteiger partial charge in [0.25, 0.3) is 0 Å².